The Hall–Kier alpha value is -0.790. The fourth-order valence-electron chi connectivity index (χ4n) is 0.448. The lowest BCUT2D eigenvalue weighted by Gasteiger charge is -1.93. The van der Waals surface area contributed by atoms with Gasteiger partial charge in [-0.25, -0.2) is 0 Å². The molecule has 0 bridgehead atoms. The summed E-state index contributed by atoms with van der Waals surface area (Å²) >= 11 is 0. The Morgan fingerprint density at radius 3 is 2.44 bits per heavy atom. The molecular formula is C7H12O2. The molecule has 2 nitrogen and oxygen atoms in total. The lowest BCUT2D eigenvalue weighted by molar-refractivity contribution is -0.136. The molecule has 0 amide bonds. The predicted molar refractivity (Wildman–Crippen MR) is 36.3 cm³/mol. The van der Waals surface area contributed by atoms with Crippen molar-refractivity contribution in [3.05, 3.63) is 11.6 Å². The molecule has 0 aliphatic heterocycles. The zero-order valence-electron chi connectivity index (χ0n) is 5.85. The van der Waals surface area contributed by atoms with Gasteiger partial charge in [0.25, 0.3) is 0 Å². The number of hydrogen-bond donors (Lipinski definition) is 1. The number of rotatable bonds is 3. The fraction of sp³-hybridized carbons (Fsp3) is 0.571. The molecule has 1 N–H and O–H groups in total. The summed E-state index contributed by atoms with van der Waals surface area (Å²) in [5, 5.41) is 8.23. The molecule has 9 heavy (non-hydrogen) atoms. The number of hydrogen-bond acceptors (Lipinski definition) is 1. The highest BCUT2D eigenvalue weighted by molar-refractivity contribution is 5.66. The summed E-state index contributed by atoms with van der Waals surface area (Å²) in [4.78, 5) is 9.99. The van der Waals surface area contributed by atoms with Crippen LogP contribution in [0.1, 0.15) is 26.7 Å². The van der Waals surface area contributed by atoms with Crippen LogP contribution in [-0.2, 0) is 4.79 Å². The van der Waals surface area contributed by atoms with Gasteiger partial charge in [-0.05, 0) is 20.3 Å². The third-order valence-electron chi connectivity index (χ3n) is 1.23. The standard InChI is InChI=1S/C7H12O2/c1-3-6(2)4-5-7(8)9/h3H,4-5H2,1-2H3,(H,8,9)/b6-3+. The smallest absolute Gasteiger partial charge is 0.303 e. The second kappa shape index (κ2) is 4.13. The Kier molecular flexibility index (Phi) is 3.76. The number of allylic oxidation sites excluding steroid dienone is 2. The second-order valence-corrected chi connectivity index (χ2v) is 2.03. The van der Waals surface area contributed by atoms with Gasteiger partial charge >= 0.3 is 5.97 Å². The average Bonchev–Trinajstić information content (AvgIpc) is 1.83. The third-order valence-corrected chi connectivity index (χ3v) is 1.23. The van der Waals surface area contributed by atoms with Crippen LogP contribution in [-0.4, -0.2) is 11.1 Å². The largest absolute Gasteiger partial charge is 0.481 e. The first kappa shape index (κ1) is 8.21. The normalized spacial score (nSPS) is 11.6. The van der Waals surface area contributed by atoms with Crippen molar-refractivity contribution in [2.75, 3.05) is 0 Å². The van der Waals surface area contributed by atoms with Crippen molar-refractivity contribution in [3.63, 3.8) is 0 Å². The zero-order chi connectivity index (χ0) is 7.28. The van der Waals surface area contributed by atoms with Gasteiger partial charge in [0.2, 0.25) is 0 Å². The van der Waals surface area contributed by atoms with Crippen LogP contribution in [0.5, 0.6) is 0 Å². The highest BCUT2D eigenvalue weighted by Gasteiger charge is 1.95. The molecule has 2 heteroatoms. The molecule has 0 atom stereocenters. The van der Waals surface area contributed by atoms with Gasteiger partial charge in [0.05, 0.1) is 0 Å². The van der Waals surface area contributed by atoms with Crippen LogP contribution in [0, 0.1) is 0 Å². The summed E-state index contributed by atoms with van der Waals surface area (Å²) in [6.45, 7) is 3.85. The van der Waals surface area contributed by atoms with Gasteiger partial charge in [0, 0.05) is 6.42 Å². The SMILES string of the molecule is C/C=C(\C)CCC(=O)O. The molecule has 0 saturated carbocycles. The van der Waals surface area contributed by atoms with E-state index in [1.165, 1.54) is 0 Å². The van der Waals surface area contributed by atoms with Gasteiger partial charge in [-0.3, -0.25) is 4.79 Å². The molecule has 0 fully saturated rings. The van der Waals surface area contributed by atoms with Crippen LogP contribution in [0.2, 0.25) is 0 Å². The average molecular weight is 128 g/mol. The van der Waals surface area contributed by atoms with Crippen LogP contribution in [0.3, 0.4) is 0 Å². The lowest BCUT2D eigenvalue weighted by atomic mass is 10.1. The van der Waals surface area contributed by atoms with Gasteiger partial charge in [0.15, 0.2) is 0 Å². The van der Waals surface area contributed by atoms with E-state index in [9.17, 15) is 4.79 Å². The zero-order valence-corrected chi connectivity index (χ0v) is 5.85. The van der Waals surface area contributed by atoms with Crippen LogP contribution in [0.25, 0.3) is 0 Å². The van der Waals surface area contributed by atoms with Crippen LogP contribution in [0.4, 0.5) is 0 Å². The molecule has 0 radical (unpaired) electrons. The van der Waals surface area contributed by atoms with Gasteiger partial charge in [-0.2, -0.15) is 0 Å². The number of carboxylic acid groups (broad SMARTS) is 1. The minimum atomic E-state index is -0.726. The van der Waals surface area contributed by atoms with Gasteiger partial charge < -0.3 is 5.11 Å². The lowest BCUT2D eigenvalue weighted by Crippen LogP contribution is -1.93. The molecule has 0 aliphatic carbocycles. The Labute approximate surface area is 55.2 Å². The van der Waals surface area contributed by atoms with Crippen molar-refractivity contribution in [2.24, 2.45) is 0 Å². The van der Waals surface area contributed by atoms with E-state index in [2.05, 4.69) is 0 Å². The van der Waals surface area contributed by atoms with Crippen molar-refractivity contribution >= 4 is 5.97 Å². The summed E-state index contributed by atoms with van der Waals surface area (Å²) in [5.74, 6) is -0.726. The number of aliphatic carboxylic acids is 1. The van der Waals surface area contributed by atoms with E-state index >= 15 is 0 Å². The first-order valence-electron chi connectivity index (χ1n) is 3.00. The highest BCUT2D eigenvalue weighted by atomic mass is 16.4. The first-order valence-corrected chi connectivity index (χ1v) is 3.00. The molecular weight excluding hydrogens is 116 g/mol. The summed E-state index contributed by atoms with van der Waals surface area (Å²) in [6, 6.07) is 0. The Bertz CT molecular complexity index is 125. The van der Waals surface area contributed by atoms with Crippen molar-refractivity contribution in [1.82, 2.24) is 0 Å². The van der Waals surface area contributed by atoms with E-state index < -0.39 is 5.97 Å². The van der Waals surface area contributed by atoms with Crippen LogP contribution < -0.4 is 0 Å². The highest BCUT2D eigenvalue weighted by Crippen LogP contribution is 2.01. The Morgan fingerprint density at radius 1 is 1.56 bits per heavy atom. The van der Waals surface area contributed by atoms with E-state index in [1.54, 1.807) is 0 Å². The second-order valence-electron chi connectivity index (χ2n) is 2.03. The molecule has 0 aromatic rings. The summed E-state index contributed by atoms with van der Waals surface area (Å²) in [5.41, 5.74) is 1.14. The van der Waals surface area contributed by atoms with Gasteiger partial charge in [0.1, 0.15) is 0 Å². The van der Waals surface area contributed by atoms with E-state index in [0.717, 1.165) is 5.57 Å². The maximum atomic E-state index is 9.99. The summed E-state index contributed by atoms with van der Waals surface area (Å²) < 4.78 is 0. The third kappa shape index (κ3) is 5.07. The maximum absolute atomic E-state index is 9.99. The Balaban J connectivity index is 3.39. The molecule has 0 aromatic heterocycles. The molecule has 52 valence electrons. The van der Waals surface area contributed by atoms with Gasteiger partial charge in [-0.1, -0.05) is 11.6 Å². The topological polar surface area (TPSA) is 37.3 Å². The summed E-state index contributed by atoms with van der Waals surface area (Å²) in [7, 11) is 0. The molecule has 0 aromatic carbocycles. The van der Waals surface area contributed by atoms with Crippen molar-refractivity contribution in [3.8, 4) is 0 Å². The molecule has 0 rings (SSSR count). The summed E-state index contributed by atoms with van der Waals surface area (Å²) in [6.07, 6.45) is 2.85. The van der Waals surface area contributed by atoms with Crippen molar-refractivity contribution in [1.29, 1.82) is 0 Å². The van der Waals surface area contributed by atoms with Crippen molar-refractivity contribution in [2.45, 2.75) is 26.7 Å². The maximum Gasteiger partial charge on any atom is 0.303 e. The van der Waals surface area contributed by atoms with Gasteiger partial charge in [-0.15, -0.1) is 0 Å². The molecule has 0 heterocycles. The van der Waals surface area contributed by atoms with E-state index in [-0.39, 0.29) is 6.42 Å². The van der Waals surface area contributed by atoms with Crippen LogP contribution >= 0.6 is 0 Å². The molecule has 0 spiro atoms. The quantitative estimate of drug-likeness (QED) is 0.588. The van der Waals surface area contributed by atoms with Crippen molar-refractivity contribution < 1.29 is 9.90 Å². The molecule has 0 aliphatic rings. The van der Waals surface area contributed by atoms with E-state index in [1.807, 2.05) is 19.9 Å². The van der Waals surface area contributed by atoms with E-state index in [0.29, 0.717) is 6.42 Å². The Morgan fingerprint density at radius 2 is 2.11 bits per heavy atom. The minimum Gasteiger partial charge on any atom is -0.481 e. The monoisotopic (exact) mass is 128 g/mol. The van der Waals surface area contributed by atoms with Crippen LogP contribution in [0.15, 0.2) is 11.6 Å². The minimum absolute atomic E-state index is 0.246. The number of carboxylic acids is 1. The molecule has 0 unspecified atom stereocenters. The predicted octanol–water partition coefficient (Wildman–Crippen LogP) is 1.82. The van der Waals surface area contributed by atoms with E-state index in [4.69, 9.17) is 5.11 Å². The fourth-order valence-corrected chi connectivity index (χ4v) is 0.448. The number of carbonyl (C=O) groups is 1. The first-order chi connectivity index (χ1) is 4.16. The molecule has 0 saturated heterocycles.